The van der Waals surface area contributed by atoms with E-state index in [1.807, 2.05) is 7.05 Å². The molecular formula is C13H19F2N. The number of rotatable bonds is 6. The van der Waals surface area contributed by atoms with E-state index >= 15 is 0 Å². The molecule has 0 amide bonds. The lowest BCUT2D eigenvalue weighted by Gasteiger charge is -2.13. The van der Waals surface area contributed by atoms with E-state index in [0.29, 0.717) is 6.04 Å². The zero-order valence-corrected chi connectivity index (χ0v) is 9.89. The lowest BCUT2D eigenvalue weighted by atomic mass is 10.0. The van der Waals surface area contributed by atoms with Crippen molar-refractivity contribution in [3.05, 3.63) is 35.4 Å². The van der Waals surface area contributed by atoms with Crippen molar-refractivity contribution in [1.82, 2.24) is 5.32 Å². The number of aryl methyl sites for hydroxylation is 1. The maximum atomic E-state index is 12.9. The van der Waals surface area contributed by atoms with Gasteiger partial charge in [-0.15, -0.1) is 0 Å². The van der Waals surface area contributed by atoms with Gasteiger partial charge < -0.3 is 5.32 Å². The van der Waals surface area contributed by atoms with Crippen LogP contribution in [-0.2, 0) is 6.42 Å². The first kappa shape index (κ1) is 13.1. The summed E-state index contributed by atoms with van der Waals surface area (Å²) in [5, 5.41) is 3.21. The molecule has 0 saturated carbocycles. The molecule has 0 bridgehead atoms. The summed E-state index contributed by atoms with van der Waals surface area (Å²) >= 11 is 0. The van der Waals surface area contributed by atoms with Crippen molar-refractivity contribution in [3.8, 4) is 0 Å². The fourth-order valence-electron chi connectivity index (χ4n) is 1.86. The van der Waals surface area contributed by atoms with Gasteiger partial charge >= 0.3 is 0 Å². The maximum Gasteiger partial charge on any atom is 0.126 e. The summed E-state index contributed by atoms with van der Waals surface area (Å²) in [6.07, 6.45) is 3.79. The molecule has 1 nitrogen and oxygen atoms in total. The number of hydrogen-bond acceptors (Lipinski definition) is 1. The summed E-state index contributed by atoms with van der Waals surface area (Å²) in [6.45, 7) is 2.13. The van der Waals surface area contributed by atoms with Gasteiger partial charge in [0.1, 0.15) is 11.6 Å². The SMILES string of the molecule is CCC(CCCc1cc(F)cc(F)c1)NC. The fourth-order valence-corrected chi connectivity index (χ4v) is 1.86. The Morgan fingerprint density at radius 1 is 1.19 bits per heavy atom. The summed E-state index contributed by atoms with van der Waals surface area (Å²) in [5.41, 5.74) is 0.739. The second kappa shape index (κ2) is 6.59. The highest BCUT2D eigenvalue weighted by Crippen LogP contribution is 2.12. The first-order chi connectivity index (χ1) is 7.65. The third kappa shape index (κ3) is 4.27. The summed E-state index contributed by atoms with van der Waals surface area (Å²) in [5.74, 6) is -0.980. The molecule has 1 unspecified atom stereocenters. The predicted molar refractivity (Wildman–Crippen MR) is 62.4 cm³/mol. The number of nitrogens with one attached hydrogen (secondary N) is 1. The molecule has 3 heteroatoms. The molecule has 0 aliphatic carbocycles. The first-order valence-corrected chi connectivity index (χ1v) is 5.78. The van der Waals surface area contributed by atoms with Gasteiger partial charge in [0.25, 0.3) is 0 Å². The van der Waals surface area contributed by atoms with E-state index in [1.165, 1.54) is 12.1 Å². The van der Waals surface area contributed by atoms with Crippen molar-refractivity contribution in [3.63, 3.8) is 0 Å². The summed E-state index contributed by atoms with van der Waals surface area (Å²) in [7, 11) is 1.94. The van der Waals surface area contributed by atoms with E-state index in [4.69, 9.17) is 0 Å². The van der Waals surface area contributed by atoms with Crippen LogP contribution in [0.2, 0.25) is 0 Å². The zero-order valence-electron chi connectivity index (χ0n) is 9.89. The maximum absolute atomic E-state index is 12.9. The molecule has 1 rings (SSSR count). The van der Waals surface area contributed by atoms with Gasteiger partial charge in [-0.1, -0.05) is 6.92 Å². The monoisotopic (exact) mass is 227 g/mol. The normalized spacial score (nSPS) is 12.8. The van der Waals surface area contributed by atoms with E-state index in [0.717, 1.165) is 37.3 Å². The lowest BCUT2D eigenvalue weighted by molar-refractivity contribution is 0.490. The molecule has 0 aromatic heterocycles. The summed E-state index contributed by atoms with van der Waals surface area (Å²) < 4.78 is 25.8. The minimum Gasteiger partial charge on any atom is -0.317 e. The molecule has 0 aliphatic rings. The molecule has 1 aromatic rings. The summed E-state index contributed by atoms with van der Waals surface area (Å²) in [6, 6.07) is 4.22. The Labute approximate surface area is 95.9 Å². The average molecular weight is 227 g/mol. The fraction of sp³-hybridized carbons (Fsp3) is 0.538. The van der Waals surface area contributed by atoms with Gasteiger partial charge in [0.2, 0.25) is 0 Å². The highest BCUT2D eigenvalue weighted by Gasteiger charge is 2.04. The molecule has 1 atom stereocenters. The van der Waals surface area contributed by atoms with E-state index < -0.39 is 11.6 Å². The lowest BCUT2D eigenvalue weighted by Crippen LogP contribution is -2.23. The molecule has 0 aliphatic heterocycles. The van der Waals surface area contributed by atoms with Gasteiger partial charge in [0, 0.05) is 12.1 Å². The molecule has 16 heavy (non-hydrogen) atoms. The van der Waals surface area contributed by atoms with Gasteiger partial charge in [0.05, 0.1) is 0 Å². The van der Waals surface area contributed by atoms with Crippen molar-refractivity contribution in [1.29, 1.82) is 0 Å². The Hall–Kier alpha value is -0.960. The molecule has 0 fully saturated rings. The third-order valence-electron chi connectivity index (χ3n) is 2.84. The van der Waals surface area contributed by atoms with E-state index in [9.17, 15) is 8.78 Å². The van der Waals surface area contributed by atoms with Crippen molar-refractivity contribution >= 4 is 0 Å². The second-order valence-electron chi connectivity index (χ2n) is 4.06. The predicted octanol–water partition coefficient (Wildman–Crippen LogP) is 3.29. The Morgan fingerprint density at radius 2 is 1.81 bits per heavy atom. The Balaban J connectivity index is 2.42. The largest absolute Gasteiger partial charge is 0.317 e. The molecule has 0 spiro atoms. The third-order valence-corrected chi connectivity index (χ3v) is 2.84. The topological polar surface area (TPSA) is 12.0 Å². The van der Waals surface area contributed by atoms with Crippen LogP contribution in [0.4, 0.5) is 8.78 Å². The van der Waals surface area contributed by atoms with Crippen LogP contribution in [0.15, 0.2) is 18.2 Å². The van der Waals surface area contributed by atoms with Crippen LogP contribution in [0.5, 0.6) is 0 Å². The molecule has 1 aromatic carbocycles. The molecule has 90 valence electrons. The Morgan fingerprint density at radius 3 is 2.31 bits per heavy atom. The zero-order chi connectivity index (χ0) is 12.0. The Bertz CT molecular complexity index is 301. The van der Waals surface area contributed by atoms with Crippen LogP contribution in [0, 0.1) is 11.6 Å². The van der Waals surface area contributed by atoms with Gasteiger partial charge in [-0.3, -0.25) is 0 Å². The van der Waals surface area contributed by atoms with Crippen molar-refractivity contribution in [2.75, 3.05) is 7.05 Å². The molecule has 1 N–H and O–H groups in total. The van der Waals surface area contributed by atoms with Crippen LogP contribution in [0.1, 0.15) is 31.7 Å². The van der Waals surface area contributed by atoms with Gasteiger partial charge in [-0.05, 0) is 50.4 Å². The van der Waals surface area contributed by atoms with Crippen LogP contribution in [0.25, 0.3) is 0 Å². The van der Waals surface area contributed by atoms with Crippen LogP contribution in [0.3, 0.4) is 0 Å². The van der Waals surface area contributed by atoms with Gasteiger partial charge in [-0.25, -0.2) is 8.78 Å². The molecule has 0 heterocycles. The minimum absolute atomic E-state index is 0.490. The van der Waals surface area contributed by atoms with E-state index in [1.54, 1.807) is 0 Å². The smallest absolute Gasteiger partial charge is 0.126 e. The average Bonchev–Trinajstić information content (AvgIpc) is 2.23. The van der Waals surface area contributed by atoms with Crippen molar-refractivity contribution < 1.29 is 8.78 Å². The molecular weight excluding hydrogens is 208 g/mol. The summed E-state index contributed by atoms with van der Waals surface area (Å²) in [4.78, 5) is 0. The highest BCUT2D eigenvalue weighted by molar-refractivity contribution is 5.17. The van der Waals surface area contributed by atoms with Crippen molar-refractivity contribution in [2.45, 2.75) is 38.6 Å². The second-order valence-corrected chi connectivity index (χ2v) is 4.06. The number of benzene rings is 1. The van der Waals surface area contributed by atoms with Crippen molar-refractivity contribution in [2.24, 2.45) is 0 Å². The quantitative estimate of drug-likeness (QED) is 0.786. The molecule has 0 saturated heterocycles. The number of hydrogen-bond donors (Lipinski definition) is 1. The van der Waals surface area contributed by atoms with Gasteiger partial charge in [-0.2, -0.15) is 0 Å². The van der Waals surface area contributed by atoms with Gasteiger partial charge in [0.15, 0.2) is 0 Å². The standard InChI is InChI=1S/C13H19F2N/c1-3-13(16-2)6-4-5-10-7-11(14)9-12(15)8-10/h7-9,13,16H,3-6H2,1-2H3. The Kier molecular flexibility index (Phi) is 5.39. The van der Waals surface area contributed by atoms with E-state index in [-0.39, 0.29) is 0 Å². The first-order valence-electron chi connectivity index (χ1n) is 5.78. The van der Waals surface area contributed by atoms with E-state index in [2.05, 4.69) is 12.2 Å². The minimum atomic E-state index is -0.490. The highest BCUT2D eigenvalue weighted by atomic mass is 19.1. The molecule has 0 radical (unpaired) electrons. The number of halogens is 2. The van der Waals surface area contributed by atoms with Crippen LogP contribution >= 0.6 is 0 Å². The van der Waals surface area contributed by atoms with Crippen LogP contribution in [-0.4, -0.2) is 13.1 Å². The van der Waals surface area contributed by atoms with Crippen LogP contribution < -0.4 is 5.32 Å².